The molecule has 0 heterocycles. The third kappa shape index (κ3) is 2.75. The fourth-order valence-electron chi connectivity index (χ4n) is 1.63. The minimum absolute atomic E-state index is 0.185. The van der Waals surface area contributed by atoms with Gasteiger partial charge in [-0.3, -0.25) is 21.2 Å². The lowest BCUT2D eigenvalue weighted by molar-refractivity contribution is -0.128. The maximum atomic E-state index is 11.6. The van der Waals surface area contributed by atoms with Crippen LogP contribution in [0.1, 0.15) is 27.2 Å². The Labute approximate surface area is 92.0 Å². The van der Waals surface area contributed by atoms with Crippen molar-refractivity contribution in [3.8, 4) is 0 Å². The van der Waals surface area contributed by atoms with Crippen molar-refractivity contribution in [2.24, 2.45) is 23.1 Å². The lowest BCUT2D eigenvalue weighted by atomic mass is 9.80. The highest BCUT2D eigenvalue weighted by Gasteiger charge is 2.49. The molecular formula is C10H24N4O. The number of nitrogens with two attached hydrogens (primary N) is 3. The molecule has 90 valence electrons. The van der Waals surface area contributed by atoms with Crippen molar-refractivity contribution in [2.45, 2.75) is 38.5 Å². The maximum absolute atomic E-state index is 11.6. The average Bonchev–Trinajstić information content (AvgIpc) is 2.01. The van der Waals surface area contributed by atoms with Crippen LogP contribution in [0.25, 0.3) is 0 Å². The first-order valence-electron chi connectivity index (χ1n) is 5.10. The van der Waals surface area contributed by atoms with Crippen molar-refractivity contribution in [3.05, 3.63) is 0 Å². The molecule has 0 spiro atoms. The van der Waals surface area contributed by atoms with E-state index in [2.05, 4.69) is 0 Å². The predicted octanol–water partition coefficient (Wildman–Crippen LogP) is -0.548. The molecule has 0 aliphatic rings. The van der Waals surface area contributed by atoms with Gasteiger partial charge in [-0.1, -0.05) is 13.8 Å². The normalized spacial score (nSPS) is 16.9. The van der Waals surface area contributed by atoms with E-state index in [9.17, 15) is 4.79 Å². The molecule has 5 nitrogen and oxygen atoms in total. The highest BCUT2D eigenvalue weighted by Crippen LogP contribution is 2.24. The van der Waals surface area contributed by atoms with Crippen molar-refractivity contribution in [2.75, 3.05) is 14.1 Å². The smallest absolute Gasteiger partial charge is 0.154 e. The van der Waals surface area contributed by atoms with Gasteiger partial charge in [0.2, 0.25) is 0 Å². The van der Waals surface area contributed by atoms with Crippen molar-refractivity contribution in [1.29, 1.82) is 0 Å². The van der Waals surface area contributed by atoms with E-state index in [1.54, 1.807) is 19.0 Å². The number of likely N-dealkylation sites (N-methyl/N-ethyl adjacent to an activating group) is 1. The summed E-state index contributed by atoms with van der Waals surface area (Å²) in [4.78, 5) is 13.2. The molecule has 15 heavy (non-hydrogen) atoms. The number of hydrogen-bond acceptors (Lipinski definition) is 5. The Morgan fingerprint density at radius 2 is 1.67 bits per heavy atom. The third-order valence-corrected chi connectivity index (χ3v) is 2.81. The van der Waals surface area contributed by atoms with Gasteiger partial charge in [-0.05, 0) is 33.4 Å². The van der Waals surface area contributed by atoms with E-state index in [4.69, 9.17) is 17.2 Å². The van der Waals surface area contributed by atoms with Gasteiger partial charge in [0, 0.05) is 0 Å². The highest BCUT2D eigenvalue weighted by molar-refractivity contribution is 5.87. The van der Waals surface area contributed by atoms with Crippen LogP contribution in [-0.2, 0) is 4.79 Å². The molecule has 0 fully saturated rings. The molecule has 0 aromatic carbocycles. The number of nitrogens with zero attached hydrogens (tertiary/aromatic N) is 1. The molecule has 0 rings (SSSR count). The zero-order valence-corrected chi connectivity index (χ0v) is 10.4. The molecule has 0 aliphatic heterocycles. The van der Waals surface area contributed by atoms with Crippen LogP contribution in [0, 0.1) is 5.92 Å². The lowest BCUT2D eigenvalue weighted by Crippen LogP contribution is -2.80. The SMILES string of the molecule is CC(=O)C(N)(CC(C)C)C(N)(N)N(C)C. The summed E-state index contributed by atoms with van der Waals surface area (Å²) in [6.45, 7) is 5.40. The average molecular weight is 216 g/mol. The topological polar surface area (TPSA) is 98.4 Å². The van der Waals surface area contributed by atoms with Crippen molar-refractivity contribution in [1.82, 2.24) is 4.90 Å². The van der Waals surface area contributed by atoms with Crippen LogP contribution in [0.4, 0.5) is 0 Å². The van der Waals surface area contributed by atoms with Crippen LogP contribution in [0.15, 0.2) is 0 Å². The molecular weight excluding hydrogens is 192 g/mol. The second kappa shape index (κ2) is 4.57. The quantitative estimate of drug-likeness (QED) is 0.536. The molecule has 0 saturated heterocycles. The minimum atomic E-state index is -1.33. The summed E-state index contributed by atoms with van der Waals surface area (Å²) in [6, 6.07) is 0. The second-order valence-electron chi connectivity index (χ2n) is 4.85. The second-order valence-corrected chi connectivity index (χ2v) is 4.85. The van der Waals surface area contributed by atoms with Gasteiger partial charge in [0.05, 0.1) is 0 Å². The monoisotopic (exact) mass is 216 g/mol. The Morgan fingerprint density at radius 3 is 1.87 bits per heavy atom. The van der Waals surface area contributed by atoms with Gasteiger partial charge in [-0.25, -0.2) is 0 Å². The Balaban J connectivity index is 5.20. The maximum Gasteiger partial charge on any atom is 0.154 e. The summed E-state index contributed by atoms with van der Waals surface area (Å²) < 4.78 is 0. The van der Waals surface area contributed by atoms with E-state index >= 15 is 0 Å². The van der Waals surface area contributed by atoms with Crippen LogP contribution in [0.5, 0.6) is 0 Å². The molecule has 0 radical (unpaired) electrons. The summed E-state index contributed by atoms with van der Waals surface area (Å²) >= 11 is 0. The van der Waals surface area contributed by atoms with Gasteiger partial charge in [0.1, 0.15) is 11.3 Å². The molecule has 6 N–H and O–H groups in total. The van der Waals surface area contributed by atoms with E-state index in [0.29, 0.717) is 6.42 Å². The molecule has 0 aliphatic carbocycles. The van der Waals surface area contributed by atoms with Crippen LogP contribution < -0.4 is 17.2 Å². The minimum Gasteiger partial charge on any atom is -0.315 e. The third-order valence-electron chi connectivity index (χ3n) is 2.81. The highest BCUT2D eigenvalue weighted by atomic mass is 16.1. The summed E-state index contributed by atoms with van der Waals surface area (Å²) in [6.07, 6.45) is 0.466. The van der Waals surface area contributed by atoms with Gasteiger partial charge in [-0.2, -0.15) is 0 Å². The van der Waals surface area contributed by atoms with Crippen molar-refractivity contribution < 1.29 is 4.79 Å². The van der Waals surface area contributed by atoms with Gasteiger partial charge < -0.3 is 5.73 Å². The molecule has 0 saturated carbocycles. The zero-order valence-electron chi connectivity index (χ0n) is 10.4. The van der Waals surface area contributed by atoms with Crippen molar-refractivity contribution >= 4 is 5.78 Å². The Bertz CT molecular complexity index is 238. The predicted molar refractivity (Wildman–Crippen MR) is 61.8 cm³/mol. The standard InChI is InChI=1S/C10H24N4O/c1-7(2)6-9(11,8(3)15)10(12,13)14(4)5/h7H,6,11-13H2,1-5H3. The molecule has 1 atom stereocenters. The first-order valence-corrected chi connectivity index (χ1v) is 5.10. The van der Waals surface area contributed by atoms with Gasteiger partial charge >= 0.3 is 0 Å². The largest absolute Gasteiger partial charge is 0.315 e. The van der Waals surface area contributed by atoms with Crippen molar-refractivity contribution in [3.63, 3.8) is 0 Å². The molecule has 0 aromatic rings. The van der Waals surface area contributed by atoms with Crippen LogP contribution in [-0.4, -0.2) is 36.1 Å². The van der Waals surface area contributed by atoms with Crippen LogP contribution in [0.3, 0.4) is 0 Å². The number of ketones is 1. The Kier molecular flexibility index (Phi) is 4.42. The fourth-order valence-corrected chi connectivity index (χ4v) is 1.63. The summed E-state index contributed by atoms with van der Waals surface area (Å²) in [7, 11) is 3.43. The van der Waals surface area contributed by atoms with Gasteiger partial charge in [0.25, 0.3) is 0 Å². The fraction of sp³-hybridized carbons (Fsp3) is 0.900. The number of rotatable bonds is 5. The van der Waals surface area contributed by atoms with E-state index in [0.717, 1.165) is 0 Å². The Morgan fingerprint density at radius 1 is 1.27 bits per heavy atom. The summed E-state index contributed by atoms with van der Waals surface area (Å²) in [5.41, 5.74) is 16.8. The number of carbonyl (C=O) groups is 1. The van der Waals surface area contributed by atoms with Crippen LogP contribution in [0.2, 0.25) is 0 Å². The number of Topliss-reactive ketones (excluding diaryl/α,β-unsaturated/α-hetero) is 1. The van der Waals surface area contributed by atoms with E-state index < -0.39 is 11.3 Å². The lowest BCUT2D eigenvalue weighted by Gasteiger charge is -2.46. The van der Waals surface area contributed by atoms with Gasteiger partial charge in [-0.15, -0.1) is 0 Å². The molecule has 0 amide bonds. The number of hydrogen-bond donors (Lipinski definition) is 3. The van der Waals surface area contributed by atoms with E-state index in [1.165, 1.54) is 6.92 Å². The van der Waals surface area contributed by atoms with Crippen LogP contribution >= 0.6 is 0 Å². The summed E-state index contributed by atoms with van der Waals surface area (Å²) in [5.74, 6) is -1.26. The van der Waals surface area contributed by atoms with Gasteiger partial charge in [0.15, 0.2) is 5.78 Å². The molecule has 5 heteroatoms. The zero-order chi connectivity index (χ0) is 12.4. The Hall–Kier alpha value is -0.490. The number of carbonyl (C=O) groups excluding carboxylic acids is 1. The van der Waals surface area contributed by atoms with E-state index in [1.807, 2.05) is 13.8 Å². The van der Waals surface area contributed by atoms with E-state index in [-0.39, 0.29) is 11.7 Å². The molecule has 1 unspecified atom stereocenters. The summed E-state index contributed by atoms with van der Waals surface area (Å²) in [5, 5.41) is 0. The first kappa shape index (κ1) is 14.5. The molecule has 0 aromatic heterocycles. The first-order chi connectivity index (χ1) is 6.55. The molecule has 0 bridgehead atoms.